The van der Waals surface area contributed by atoms with Crippen molar-refractivity contribution in [2.45, 2.75) is 0 Å². The van der Waals surface area contributed by atoms with Crippen molar-refractivity contribution in [1.82, 2.24) is 0 Å². The van der Waals surface area contributed by atoms with Gasteiger partial charge in [-0.05, 0) is 0 Å². The molecule has 0 amide bonds. The van der Waals surface area contributed by atoms with E-state index < -0.39 is 11.4 Å². The Hall–Kier alpha value is -0.910. The SMILES string of the molecule is O=C[O-].O=[N+]([O-])c1ccccc1.[Na+]. The van der Waals surface area contributed by atoms with Crippen LogP contribution in [0.5, 0.6) is 0 Å². The second-order valence-corrected chi connectivity index (χ2v) is 1.69. The summed E-state index contributed by atoms with van der Waals surface area (Å²) in [6.45, 7) is -0.500. The minimum Gasteiger partial charge on any atom is -0.554 e. The predicted octanol–water partition coefficient (Wildman–Crippen LogP) is -3.04. The summed E-state index contributed by atoms with van der Waals surface area (Å²) in [5.74, 6) is 0. The van der Waals surface area contributed by atoms with Gasteiger partial charge in [0, 0.05) is 18.6 Å². The summed E-state index contributed by atoms with van der Waals surface area (Å²) in [6.07, 6.45) is 0. The summed E-state index contributed by atoms with van der Waals surface area (Å²) in [7, 11) is 0. The molecule has 0 saturated carbocycles. The first-order valence-electron chi connectivity index (χ1n) is 2.97. The molecule has 0 aliphatic rings. The molecule has 1 aromatic carbocycles. The molecule has 6 heteroatoms. The summed E-state index contributed by atoms with van der Waals surface area (Å²) in [5.41, 5.74) is 0.137. The Morgan fingerprint density at radius 2 is 1.62 bits per heavy atom. The molecular formula is C7H6NNaO4. The monoisotopic (exact) mass is 191 g/mol. The molecule has 0 bridgehead atoms. The van der Waals surface area contributed by atoms with Crippen molar-refractivity contribution in [3.63, 3.8) is 0 Å². The van der Waals surface area contributed by atoms with E-state index in [1.165, 1.54) is 12.1 Å². The molecule has 13 heavy (non-hydrogen) atoms. The first-order valence-corrected chi connectivity index (χ1v) is 2.97. The fraction of sp³-hybridized carbons (Fsp3) is 0. The van der Waals surface area contributed by atoms with Crippen LogP contribution >= 0.6 is 0 Å². The maximum absolute atomic E-state index is 10.0. The molecular weight excluding hydrogens is 185 g/mol. The van der Waals surface area contributed by atoms with Gasteiger partial charge in [-0.2, -0.15) is 0 Å². The third-order valence-corrected chi connectivity index (χ3v) is 0.967. The number of hydrogen-bond acceptors (Lipinski definition) is 4. The van der Waals surface area contributed by atoms with Crippen molar-refractivity contribution in [3.8, 4) is 0 Å². The number of carbonyl (C=O) groups is 1. The first kappa shape index (κ1) is 14.6. The number of nitro benzene ring substituents is 1. The number of nitrogens with zero attached hydrogens (tertiary/aromatic N) is 1. The molecule has 0 atom stereocenters. The zero-order chi connectivity index (χ0) is 9.40. The van der Waals surface area contributed by atoms with E-state index in [0.29, 0.717) is 0 Å². The van der Waals surface area contributed by atoms with Gasteiger partial charge < -0.3 is 9.90 Å². The Kier molecular flexibility index (Phi) is 10.3. The Morgan fingerprint density at radius 3 is 1.85 bits per heavy atom. The molecule has 0 fully saturated rings. The number of carbonyl (C=O) groups excluding carboxylic acids is 1. The van der Waals surface area contributed by atoms with Crippen LogP contribution in [0.1, 0.15) is 0 Å². The van der Waals surface area contributed by atoms with E-state index in [1.54, 1.807) is 18.2 Å². The standard InChI is InChI=1S/C6H5NO2.CH2O2.Na/c8-7(9)6-4-2-1-3-5-6;2-1-3;/h1-5H;1H,(H,2,3);/q;;+1/p-1. The Labute approximate surface area is 96.8 Å². The van der Waals surface area contributed by atoms with Crippen molar-refractivity contribution in [3.05, 3.63) is 40.4 Å². The smallest absolute Gasteiger partial charge is 0.554 e. The van der Waals surface area contributed by atoms with Gasteiger partial charge >= 0.3 is 29.6 Å². The van der Waals surface area contributed by atoms with E-state index in [1.807, 2.05) is 0 Å². The Bertz CT molecular complexity index is 252. The fourth-order valence-electron chi connectivity index (χ4n) is 0.550. The van der Waals surface area contributed by atoms with Crippen LogP contribution in [-0.2, 0) is 4.79 Å². The van der Waals surface area contributed by atoms with Crippen LogP contribution in [0.3, 0.4) is 0 Å². The van der Waals surface area contributed by atoms with Crippen molar-refractivity contribution >= 4 is 12.2 Å². The van der Waals surface area contributed by atoms with Gasteiger partial charge in [0.1, 0.15) is 0 Å². The average molecular weight is 191 g/mol. The third-order valence-electron chi connectivity index (χ3n) is 0.967. The molecule has 0 aliphatic carbocycles. The molecule has 0 aromatic heterocycles. The van der Waals surface area contributed by atoms with Crippen molar-refractivity contribution in [1.29, 1.82) is 0 Å². The van der Waals surface area contributed by atoms with Gasteiger partial charge in [-0.3, -0.25) is 10.1 Å². The largest absolute Gasteiger partial charge is 1.00 e. The number of non-ortho nitro benzene ring substituents is 1. The summed E-state index contributed by atoms with van der Waals surface area (Å²) >= 11 is 0. The Morgan fingerprint density at radius 1 is 1.23 bits per heavy atom. The number of rotatable bonds is 1. The van der Waals surface area contributed by atoms with Crippen LogP contribution in [0.4, 0.5) is 5.69 Å². The molecule has 0 heterocycles. The molecule has 0 unspecified atom stereocenters. The normalized spacial score (nSPS) is 7.08. The minimum atomic E-state index is -0.500. The minimum absolute atomic E-state index is 0. The topological polar surface area (TPSA) is 83.3 Å². The maximum Gasteiger partial charge on any atom is 1.00 e. The van der Waals surface area contributed by atoms with Crippen LogP contribution in [0.25, 0.3) is 0 Å². The van der Waals surface area contributed by atoms with Gasteiger partial charge in [0.2, 0.25) is 0 Å². The van der Waals surface area contributed by atoms with Crippen LogP contribution < -0.4 is 34.7 Å². The van der Waals surface area contributed by atoms with E-state index in [2.05, 4.69) is 0 Å². The molecule has 0 aliphatic heterocycles. The molecule has 0 N–H and O–H groups in total. The Balaban J connectivity index is 0. The second kappa shape index (κ2) is 9.18. The molecule has 1 aromatic rings. The summed E-state index contributed by atoms with van der Waals surface area (Å²) in [4.78, 5) is 17.8. The van der Waals surface area contributed by atoms with Gasteiger partial charge in [-0.15, -0.1) is 0 Å². The van der Waals surface area contributed by atoms with Gasteiger partial charge in [-0.1, -0.05) is 18.2 Å². The predicted molar refractivity (Wildman–Crippen MR) is 39.2 cm³/mol. The summed E-state index contributed by atoms with van der Waals surface area (Å²) in [6, 6.07) is 7.93. The molecule has 1 rings (SSSR count). The van der Waals surface area contributed by atoms with Crippen LogP contribution in [0.15, 0.2) is 30.3 Å². The number of nitro groups is 1. The van der Waals surface area contributed by atoms with Gasteiger partial charge in [0.25, 0.3) is 5.69 Å². The zero-order valence-corrected chi connectivity index (χ0v) is 9.04. The fourth-order valence-corrected chi connectivity index (χ4v) is 0.550. The second-order valence-electron chi connectivity index (χ2n) is 1.69. The molecule has 0 saturated heterocycles. The quantitative estimate of drug-likeness (QED) is 0.204. The van der Waals surface area contributed by atoms with E-state index in [9.17, 15) is 10.1 Å². The molecule has 64 valence electrons. The van der Waals surface area contributed by atoms with E-state index in [0.717, 1.165) is 0 Å². The van der Waals surface area contributed by atoms with E-state index in [-0.39, 0.29) is 35.2 Å². The van der Waals surface area contributed by atoms with Crippen molar-refractivity contribution in [2.24, 2.45) is 0 Å². The maximum atomic E-state index is 10.0. The summed E-state index contributed by atoms with van der Waals surface area (Å²) < 4.78 is 0. The molecule has 5 nitrogen and oxygen atoms in total. The van der Waals surface area contributed by atoms with Crippen LogP contribution in [-0.4, -0.2) is 11.4 Å². The summed E-state index contributed by atoms with van der Waals surface area (Å²) in [5, 5.41) is 18.3. The van der Waals surface area contributed by atoms with E-state index in [4.69, 9.17) is 9.90 Å². The number of hydrogen-bond donors (Lipinski definition) is 0. The van der Waals surface area contributed by atoms with Crippen molar-refractivity contribution in [2.75, 3.05) is 0 Å². The third kappa shape index (κ3) is 7.45. The van der Waals surface area contributed by atoms with Gasteiger partial charge in [-0.25, -0.2) is 0 Å². The van der Waals surface area contributed by atoms with Crippen molar-refractivity contribution < 1.29 is 44.4 Å². The van der Waals surface area contributed by atoms with Crippen LogP contribution in [0.2, 0.25) is 0 Å². The number of benzene rings is 1. The number of carboxylic acid groups (broad SMARTS) is 1. The molecule has 0 radical (unpaired) electrons. The van der Waals surface area contributed by atoms with E-state index >= 15 is 0 Å². The van der Waals surface area contributed by atoms with Gasteiger partial charge in [0.05, 0.1) is 4.92 Å². The van der Waals surface area contributed by atoms with Gasteiger partial charge in [0.15, 0.2) is 0 Å². The number of para-hydroxylation sites is 1. The van der Waals surface area contributed by atoms with Crippen LogP contribution in [0, 0.1) is 10.1 Å². The zero-order valence-electron chi connectivity index (χ0n) is 7.04. The average Bonchev–Trinajstić information content (AvgIpc) is 2.07. The molecule has 0 spiro atoms. The first-order chi connectivity index (χ1) is 5.72.